The molecule has 2 heterocycles. The number of rotatable bonds is 6. The summed E-state index contributed by atoms with van der Waals surface area (Å²) < 4.78 is 12.7. The van der Waals surface area contributed by atoms with Crippen molar-refractivity contribution >= 4 is 0 Å². The lowest BCUT2D eigenvalue weighted by atomic mass is 9.95. The summed E-state index contributed by atoms with van der Waals surface area (Å²) in [5.74, 6) is 2.24. The van der Waals surface area contributed by atoms with Crippen LogP contribution in [0.1, 0.15) is 36.4 Å². The Hall–Kier alpha value is -2.19. The number of aliphatic hydroxyl groups is 1. The molecule has 2 aromatic rings. The number of β-amino-alcohol motifs (C(OH)–C–C–N with tert-alkyl or cyclic N) is 1. The molecule has 0 fully saturated rings. The summed E-state index contributed by atoms with van der Waals surface area (Å²) in [7, 11) is 3.25. The number of tetrazole rings is 1. The molecule has 1 N–H and O–H groups in total. The van der Waals surface area contributed by atoms with E-state index in [0.717, 1.165) is 35.7 Å². The van der Waals surface area contributed by atoms with Crippen molar-refractivity contribution in [2.75, 3.05) is 20.8 Å². The Morgan fingerprint density at radius 2 is 2.00 bits per heavy atom. The summed E-state index contributed by atoms with van der Waals surface area (Å²) >= 11 is 0. The minimum absolute atomic E-state index is 0.496. The normalized spacial score (nSPS) is 17.6. The van der Waals surface area contributed by atoms with E-state index in [0.29, 0.717) is 25.4 Å². The SMILES string of the molecule is CCCn1nnnc1CN1Cc2c(OC)ccc(OC)c2[C@@H](O)C1. The van der Waals surface area contributed by atoms with Crippen LogP contribution in [0.3, 0.4) is 0 Å². The molecule has 0 radical (unpaired) electrons. The zero-order valence-corrected chi connectivity index (χ0v) is 14.3. The van der Waals surface area contributed by atoms with E-state index in [1.54, 1.807) is 14.2 Å². The highest BCUT2D eigenvalue weighted by atomic mass is 16.5. The first kappa shape index (κ1) is 16.7. The number of benzene rings is 1. The minimum Gasteiger partial charge on any atom is -0.496 e. The van der Waals surface area contributed by atoms with Crippen LogP contribution in [0, 0.1) is 0 Å². The van der Waals surface area contributed by atoms with Gasteiger partial charge in [-0.2, -0.15) is 0 Å². The number of ether oxygens (including phenoxy) is 2. The molecule has 0 spiro atoms. The first-order chi connectivity index (χ1) is 11.7. The van der Waals surface area contributed by atoms with Crippen LogP contribution in [-0.4, -0.2) is 51.0 Å². The fourth-order valence-electron chi connectivity index (χ4n) is 3.19. The zero-order valence-electron chi connectivity index (χ0n) is 14.3. The maximum atomic E-state index is 10.6. The Labute approximate surface area is 141 Å². The summed E-state index contributed by atoms with van der Waals surface area (Å²) in [6.45, 7) is 4.58. The van der Waals surface area contributed by atoms with Crippen molar-refractivity contribution in [2.24, 2.45) is 0 Å². The molecule has 0 unspecified atom stereocenters. The lowest BCUT2D eigenvalue weighted by Crippen LogP contribution is -2.34. The number of nitrogens with zero attached hydrogens (tertiary/aromatic N) is 5. The summed E-state index contributed by atoms with van der Waals surface area (Å²) in [5, 5.41) is 22.5. The first-order valence-electron chi connectivity index (χ1n) is 8.07. The third kappa shape index (κ3) is 3.07. The van der Waals surface area contributed by atoms with Gasteiger partial charge in [-0.25, -0.2) is 4.68 Å². The van der Waals surface area contributed by atoms with Gasteiger partial charge in [0.05, 0.1) is 26.9 Å². The summed E-state index contributed by atoms with van der Waals surface area (Å²) in [6.07, 6.45) is 0.323. The van der Waals surface area contributed by atoms with E-state index in [-0.39, 0.29) is 0 Å². The Kier molecular flexibility index (Phi) is 4.96. The summed E-state index contributed by atoms with van der Waals surface area (Å²) in [4.78, 5) is 2.12. The van der Waals surface area contributed by atoms with Crippen LogP contribution in [-0.2, 0) is 19.6 Å². The molecule has 1 aliphatic rings. The Balaban J connectivity index is 1.87. The van der Waals surface area contributed by atoms with Gasteiger partial charge in [0, 0.05) is 30.8 Å². The van der Waals surface area contributed by atoms with E-state index in [1.807, 2.05) is 16.8 Å². The molecule has 3 rings (SSSR count). The number of hydrogen-bond donors (Lipinski definition) is 1. The van der Waals surface area contributed by atoms with Crippen LogP contribution in [0.2, 0.25) is 0 Å². The van der Waals surface area contributed by atoms with Gasteiger partial charge in [-0.1, -0.05) is 6.92 Å². The standard InChI is InChI=1S/C16H23N5O3/c1-4-7-21-15(17-18-19-21)10-20-8-11-13(23-2)5-6-14(24-3)16(11)12(22)9-20/h5-6,12,22H,4,7-10H2,1-3H3/t12-/m0/s1. The van der Waals surface area contributed by atoms with Crippen molar-refractivity contribution in [3.05, 3.63) is 29.1 Å². The molecular formula is C16H23N5O3. The molecular weight excluding hydrogens is 310 g/mol. The predicted molar refractivity (Wildman–Crippen MR) is 86.7 cm³/mol. The first-order valence-corrected chi connectivity index (χ1v) is 8.07. The van der Waals surface area contributed by atoms with Crippen molar-refractivity contribution in [2.45, 2.75) is 39.1 Å². The van der Waals surface area contributed by atoms with Gasteiger partial charge < -0.3 is 14.6 Å². The second kappa shape index (κ2) is 7.14. The molecule has 1 aromatic carbocycles. The zero-order chi connectivity index (χ0) is 17.1. The molecule has 0 saturated heterocycles. The molecule has 1 aliphatic heterocycles. The number of fused-ring (bicyclic) bond motifs is 1. The number of hydrogen-bond acceptors (Lipinski definition) is 7. The smallest absolute Gasteiger partial charge is 0.165 e. The monoisotopic (exact) mass is 333 g/mol. The van der Waals surface area contributed by atoms with Gasteiger partial charge in [0.1, 0.15) is 11.5 Å². The number of methoxy groups -OCH3 is 2. The van der Waals surface area contributed by atoms with Crippen LogP contribution >= 0.6 is 0 Å². The number of aromatic nitrogens is 4. The molecule has 0 saturated carbocycles. The highest BCUT2D eigenvalue weighted by Gasteiger charge is 2.30. The van der Waals surface area contributed by atoms with Gasteiger partial charge in [0.15, 0.2) is 5.82 Å². The lowest BCUT2D eigenvalue weighted by molar-refractivity contribution is 0.0819. The van der Waals surface area contributed by atoms with Crippen LogP contribution in [0.25, 0.3) is 0 Å². The average Bonchev–Trinajstić information content (AvgIpc) is 3.01. The molecule has 130 valence electrons. The highest BCUT2D eigenvalue weighted by molar-refractivity contribution is 5.51. The average molecular weight is 333 g/mol. The second-order valence-corrected chi connectivity index (χ2v) is 5.87. The minimum atomic E-state index is -0.644. The van der Waals surface area contributed by atoms with Gasteiger partial charge in [-0.05, 0) is 29.0 Å². The van der Waals surface area contributed by atoms with Crippen molar-refractivity contribution in [1.82, 2.24) is 25.1 Å². The molecule has 0 amide bonds. The molecule has 1 atom stereocenters. The molecule has 0 bridgehead atoms. The third-order valence-corrected chi connectivity index (χ3v) is 4.27. The quantitative estimate of drug-likeness (QED) is 0.848. The van der Waals surface area contributed by atoms with Crippen LogP contribution in [0.15, 0.2) is 12.1 Å². The molecule has 8 nitrogen and oxygen atoms in total. The predicted octanol–water partition coefficient (Wildman–Crippen LogP) is 1.15. The highest BCUT2D eigenvalue weighted by Crippen LogP contribution is 2.39. The second-order valence-electron chi connectivity index (χ2n) is 5.87. The van der Waals surface area contributed by atoms with E-state index in [2.05, 4.69) is 27.3 Å². The molecule has 24 heavy (non-hydrogen) atoms. The maximum Gasteiger partial charge on any atom is 0.165 e. The van der Waals surface area contributed by atoms with Gasteiger partial charge >= 0.3 is 0 Å². The summed E-state index contributed by atoms with van der Waals surface area (Å²) in [5.41, 5.74) is 1.76. The number of aliphatic hydroxyl groups excluding tert-OH is 1. The van der Waals surface area contributed by atoms with Crippen molar-refractivity contribution < 1.29 is 14.6 Å². The van der Waals surface area contributed by atoms with E-state index < -0.39 is 6.10 Å². The fraction of sp³-hybridized carbons (Fsp3) is 0.562. The van der Waals surface area contributed by atoms with Crippen LogP contribution in [0.5, 0.6) is 11.5 Å². The Morgan fingerprint density at radius 3 is 2.71 bits per heavy atom. The fourth-order valence-corrected chi connectivity index (χ4v) is 3.19. The largest absolute Gasteiger partial charge is 0.496 e. The summed E-state index contributed by atoms with van der Waals surface area (Å²) in [6, 6.07) is 3.70. The lowest BCUT2D eigenvalue weighted by Gasteiger charge is -2.33. The van der Waals surface area contributed by atoms with Gasteiger partial charge in [0.2, 0.25) is 0 Å². The van der Waals surface area contributed by atoms with Gasteiger partial charge in [-0.15, -0.1) is 5.10 Å². The van der Waals surface area contributed by atoms with Gasteiger partial charge in [-0.3, -0.25) is 4.90 Å². The molecule has 1 aromatic heterocycles. The third-order valence-electron chi connectivity index (χ3n) is 4.27. The van der Waals surface area contributed by atoms with E-state index in [1.165, 1.54) is 0 Å². The maximum absolute atomic E-state index is 10.6. The van der Waals surface area contributed by atoms with Crippen molar-refractivity contribution in [3.63, 3.8) is 0 Å². The van der Waals surface area contributed by atoms with E-state index >= 15 is 0 Å². The Morgan fingerprint density at radius 1 is 1.25 bits per heavy atom. The molecule has 8 heteroatoms. The van der Waals surface area contributed by atoms with Crippen LogP contribution < -0.4 is 9.47 Å². The van der Waals surface area contributed by atoms with E-state index in [4.69, 9.17) is 9.47 Å². The van der Waals surface area contributed by atoms with Gasteiger partial charge in [0.25, 0.3) is 0 Å². The molecule has 0 aliphatic carbocycles. The van der Waals surface area contributed by atoms with Crippen molar-refractivity contribution in [1.29, 1.82) is 0 Å². The number of aryl methyl sites for hydroxylation is 1. The topological polar surface area (TPSA) is 85.5 Å². The van der Waals surface area contributed by atoms with Crippen LogP contribution in [0.4, 0.5) is 0 Å². The van der Waals surface area contributed by atoms with Crippen molar-refractivity contribution in [3.8, 4) is 11.5 Å². The Bertz CT molecular complexity index is 703. The van der Waals surface area contributed by atoms with E-state index in [9.17, 15) is 5.11 Å².